The van der Waals surface area contributed by atoms with E-state index in [1.54, 1.807) is 0 Å². The van der Waals surface area contributed by atoms with Gasteiger partial charge in [0.15, 0.2) is 0 Å². The van der Waals surface area contributed by atoms with Gasteiger partial charge in [0.25, 0.3) is 0 Å². The molecule has 0 saturated heterocycles. The van der Waals surface area contributed by atoms with Crippen LogP contribution in [0.15, 0.2) is 36.5 Å². The first-order valence-corrected chi connectivity index (χ1v) is 5.51. The highest BCUT2D eigenvalue weighted by Gasteiger charge is 2.08. The van der Waals surface area contributed by atoms with Gasteiger partial charge in [-0.05, 0) is 45.0 Å². The highest BCUT2D eigenvalue weighted by Crippen LogP contribution is 2.12. The summed E-state index contributed by atoms with van der Waals surface area (Å²) in [5.74, 6) is 0. The van der Waals surface area contributed by atoms with Gasteiger partial charge in [-0.3, -0.25) is 9.66 Å². The summed E-state index contributed by atoms with van der Waals surface area (Å²) in [6.45, 7) is 6.29. The van der Waals surface area contributed by atoms with Gasteiger partial charge in [-0.1, -0.05) is 6.07 Å². The summed E-state index contributed by atoms with van der Waals surface area (Å²) in [7, 11) is 0. The molecule has 84 valence electrons. The van der Waals surface area contributed by atoms with Crippen molar-refractivity contribution < 1.29 is 0 Å². The Kier molecular flexibility index (Phi) is 2.95. The summed E-state index contributed by atoms with van der Waals surface area (Å²) < 4.78 is 2.10. The van der Waals surface area contributed by atoms with E-state index < -0.39 is 0 Å². The highest BCUT2D eigenvalue weighted by molar-refractivity contribution is 5.18. The minimum Gasteiger partial charge on any atom is -0.317 e. The molecule has 1 atom stereocenters. The lowest BCUT2D eigenvalue weighted by Crippen LogP contribution is -2.21. The molecule has 16 heavy (non-hydrogen) atoms. The molecule has 2 rings (SSSR count). The van der Waals surface area contributed by atoms with E-state index in [0.717, 1.165) is 5.69 Å². The molecular formula is C13H17N3. The fraction of sp³-hybridized carbons (Fsp3) is 0.308. The van der Waals surface area contributed by atoms with Gasteiger partial charge < -0.3 is 5.43 Å². The molecule has 2 aromatic rings. The van der Waals surface area contributed by atoms with Crippen LogP contribution in [0.25, 0.3) is 0 Å². The van der Waals surface area contributed by atoms with Crippen LogP contribution in [-0.2, 0) is 0 Å². The van der Waals surface area contributed by atoms with Crippen molar-refractivity contribution in [3.8, 4) is 0 Å². The maximum atomic E-state index is 4.34. The molecule has 0 saturated carbocycles. The Bertz CT molecular complexity index is 440. The van der Waals surface area contributed by atoms with E-state index in [9.17, 15) is 0 Å². The zero-order chi connectivity index (χ0) is 11.5. The number of nitrogens with one attached hydrogen (secondary N) is 1. The van der Waals surface area contributed by atoms with Crippen LogP contribution in [0, 0.1) is 13.8 Å². The summed E-state index contributed by atoms with van der Waals surface area (Å²) in [5.41, 5.74) is 6.90. The van der Waals surface area contributed by atoms with Crippen molar-refractivity contribution in [3.63, 3.8) is 0 Å². The first kappa shape index (κ1) is 10.7. The Morgan fingerprint density at radius 1 is 1.12 bits per heavy atom. The quantitative estimate of drug-likeness (QED) is 0.853. The van der Waals surface area contributed by atoms with Crippen LogP contribution < -0.4 is 5.43 Å². The molecular weight excluding hydrogens is 198 g/mol. The van der Waals surface area contributed by atoms with Gasteiger partial charge in [0.05, 0.1) is 11.7 Å². The molecule has 0 aromatic carbocycles. The Labute approximate surface area is 96.1 Å². The summed E-state index contributed by atoms with van der Waals surface area (Å²) >= 11 is 0. The SMILES string of the molecule is Cc1ccc(C)n1NC(C)c1ccccn1. The van der Waals surface area contributed by atoms with E-state index in [-0.39, 0.29) is 6.04 Å². The summed E-state index contributed by atoms with van der Waals surface area (Å²) in [5, 5.41) is 0. The lowest BCUT2D eigenvalue weighted by atomic mass is 10.2. The van der Waals surface area contributed by atoms with Crippen LogP contribution in [0.2, 0.25) is 0 Å². The van der Waals surface area contributed by atoms with Gasteiger partial charge in [-0.15, -0.1) is 0 Å². The predicted molar refractivity (Wildman–Crippen MR) is 65.9 cm³/mol. The van der Waals surface area contributed by atoms with Gasteiger partial charge in [0.2, 0.25) is 0 Å². The Morgan fingerprint density at radius 3 is 2.38 bits per heavy atom. The van der Waals surface area contributed by atoms with Gasteiger partial charge in [0, 0.05) is 17.6 Å². The zero-order valence-corrected chi connectivity index (χ0v) is 9.94. The van der Waals surface area contributed by atoms with Crippen molar-refractivity contribution in [1.82, 2.24) is 9.66 Å². The third kappa shape index (κ3) is 2.08. The minimum atomic E-state index is 0.200. The van der Waals surface area contributed by atoms with Crippen molar-refractivity contribution in [3.05, 3.63) is 53.6 Å². The minimum absolute atomic E-state index is 0.200. The van der Waals surface area contributed by atoms with E-state index in [2.05, 4.69) is 48.0 Å². The summed E-state index contributed by atoms with van der Waals surface area (Å²) in [6, 6.07) is 10.4. The molecule has 1 unspecified atom stereocenters. The Morgan fingerprint density at radius 2 is 1.81 bits per heavy atom. The average molecular weight is 215 g/mol. The van der Waals surface area contributed by atoms with Gasteiger partial charge in [-0.25, -0.2) is 0 Å². The first-order valence-electron chi connectivity index (χ1n) is 5.51. The normalized spacial score (nSPS) is 12.4. The second-order valence-electron chi connectivity index (χ2n) is 4.06. The second kappa shape index (κ2) is 4.39. The fourth-order valence-corrected chi connectivity index (χ4v) is 1.76. The van der Waals surface area contributed by atoms with Crippen LogP contribution >= 0.6 is 0 Å². The maximum Gasteiger partial charge on any atom is 0.0816 e. The lowest BCUT2D eigenvalue weighted by molar-refractivity contribution is 0.684. The summed E-state index contributed by atoms with van der Waals surface area (Å²) in [4.78, 5) is 4.34. The van der Waals surface area contributed by atoms with Crippen molar-refractivity contribution in [1.29, 1.82) is 0 Å². The molecule has 2 aromatic heterocycles. The van der Waals surface area contributed by atoms with E-state index in [0.29, 0.717) is 0 Å². The fourth-order valence-electron chi connectivity index (χ4n) is 1.76. The van der Waals surface area contributed by atoms with E-state index >= 15 is 0 Å². The standard InChI is InChI=1S/C13H17N3/c1-10-7-8-11(2)16(10)15-12(3)13-6-4-5-9-14-13/h4-9,12,15H,1-3H3. The van der Waals surface area contributed by atoms with Crippen LogP contribution in [0.1, 0.15) is 30.0 Å². The second-order valence-corrected chi connectivity index (χ2v) is 4.06. The maximum absolute atomic E-state index is 4.34. The smallest absolute Gasteiger partial charge is 0.0816 e. The molecule has 1 N–H and O–H groups in total. The van der Waals surface area contributed by atoms with Crippen LogP contribution in [0.5, 0.6) is 0 Å². The van der Waals surface area contributed by atoms with Crippen molar-refractivity contribution >= 4 is 0 Å². The molecule has 0 bridgehead atoms. The molecule has 0 radical (unpaired) electrons. The molecule has 0 aliphatic heterocycles. The highest BCUT2D eigenvalue weighted by atomic mass is 15.4. The van der Waals surface area contributed by atoms with Crippen molar-refractivity contribution in [2.45, 2.75) is 26.8 Å². The van der Waals surface area contributed by atoms with Crippen LogP contribution in [0.4, 0.5) is 0 Å². The Balaban J connectivity index is 2.17. The number of nitrogens with zero attached hydrogens (tertiary/aromatic N) is 2. The van der Waals surface area contributed by atoms with Crippen molar-refractivity contribution in [2.24, 2.45) is 0 Å². The molecule has 0 fully saturated rings. The number of aryl methyl sites for hydroxylation is 2. The molecule has 3 nitrogen and oxygen atoms in total. The van der Waals surface area contributed by atoms with Crippen LogP contribution in [0.3, 0.4) is 0 Å². The monoisotopic (exact) mass is 215 g/mol. The molecule has 0 amide bonds. The summed E-state index contributed by atoms with van der Waals surface area (Å²) in [6.07, 6.45) is 1.82. The number of hydrogen-bond acceptors (Lipinski definition) is 2. The largest absolute Gasteiger partial charge is 0.317 e. The van der Waals surface area contributed by atoms with E-state index in [1.807, 2.05) is 24.4 Å². The third-order valence-corrected chi connectivity index (χ3v) is 2.73. The van der Waals surface area contributed by atoms with Crippen LogP contribution in [-0.4, -0.2) is 9.66 Å². The van der Waals surface area contributed by atoms with E-state index in [1.165, 1.54) is 11.4 Å². The third-order valence-electron chi connectivity index (χ3n) is 2.73. The number of aromatic nitrogens is 2. The van der Waals surface area contributed by atoms with Gasteiger partial charge in [0.1, 0.15) is 0 Å². The van der Waals surface area contributed by atoms with E-state index in [4.69, 9.17) is 0 Å². The van der Waals surface area contributed by atoms with Crippen molar-refractivity contribution in [2.75, 3.05) is 5.43 Å². The number of rotatable bonds is 3. The molecule has 0 aliphatic carbocycles. The van der Waals surface area contributed by atoms with Gasteiger partial charge >= 0.3 is 0 Å². The van der Waals surface area contributed by atoms with Gasteiger partial charge in [-0.2, -0.15) is 0 Å². The average Bonchev–Trinajstić information content (AvgIpc) is 2.62. The predicted octanol–water partition coefficient (Wildman–Crippen LogP) is 2.80. The first-order chi connectivity index (χ1) is 7.68. The Hall–Kier alpha value is -1.77. The number of pyridine rings is 1. The number of hydrogen-bond donors (Lipinski definition) is 1. The molecule has 0 aliphatic rings. The molecule has 0 spiro atoms. The zero-order valence-electron chi connectivity index (χ0n) is 9.94. The topological polar surface area (TPSA) is 29.9 Å². The molecule has 2 heterocycles. The lowest BCUT2D eigenvalue weighted by Gasteiger charge is -2.18. The molecule has 3 heteroatoms.